The van der Waals surface area contributed by atoms with Crippen LogP contribution in [0.5, 0.6) is 0 Å². The van der Waals surface area contributed by atoms with Crippen LogP contribution in [0.1, 0.15) is 0 Å². The Bertz CT molecular complexity index is 3540. The topological polar surface area (TPSA) is 16.4 Å². The number of fused-ring (bicyclic) bond motifs is 9. The average molecular weight is 770 g/mol. The molecule has 0 saturated carbocycles. The molecule has 12 aromatic rings. The van der Waals surface area contributed by atoms with Gasteiger partial charge in [0.1, 0.15) is 11.2 Å². The van der Waals surface area contributed by atoms with Crippen molar-refractivity contribution in [1.29, 1.82) is 0 Å². The molecule has 0 fully saturated rings. The minimum atomic E-state index is 0.903. The van der Waals surface area contributed by atoms with Crippen molar-refractivity contribution in [2.24, 2.45) is 0 Å². The maximum absolute atomic E-state index is 6.26. The lowest BCUT2D eigenvalue weighted by atomic mass is 9.95. The Kier molecular flexibility index (Phi) is 7.75. The number of para-hydroxylation sites is 1. The van der Waals surface area contributed by atoms with E-state index in [-0.39, 0.29) is 0 Å². The molecule has 0 aliphatic heterocycles. The third-order valence-electron chi connectivity index (χ3n) is 11.9. The van der Waals surface area contributed by atoms with E-state index < -0.39 is 0 Å². The highest BCUT2D eigenvalue weighted by Crippen LogP contribution is 2.45. The smallest absolute Gasteiger partial charge is 0.136 e. The van der Waals surface area contributed by atoms with Gasteiger partial charge >= 0.3 is 0 Å². The molecular formula is C56H35NOS. The van der Waals surface area contributed by atoms with Gasteiger partial charge in [0.2, 0.25) is 0 Å². The van der Waals surface area contributed by atoms with Crippen LogP contribution in [0.4, 0.5) is 17.1 Å². The highest BCUT2D eigenvalue weighted by molar-refractivity contribution is 7.26. The van der Waals surface area contributed by atoms with Gasteiger partial charge in [0.05, 0.1) is 0 Å². The number of rotatable bonds is 6. The summed E-state index contributed by atoms with van der Waals surface area (Å²) < 4.78 is 8.82. The number of thiophene rings is 1. The maximum atomic E-state index is 6.26. The van der Waals surface area contributed by atoms with Gasteiger partial charge in [-0.25, -0.2) is 0 Å². The lowest BCUT2D eigenvalue weighted by molar-refractivity contribution is 0.669. The second-order valence-electron chi connectivity index (χ2n) is 15.3. The fourth-order valence-electron chi connectivity index (χ4n) is 9.06. The largest absolute Gasteiger partial charge is 0.456 e. The molecule has 2 heterocycles. The first-order valence-corrected chi connectivity index (χ1v) is 20.9. The van der Waals surface area contributed by atoms with Crippen LogP contribution in [-0.4, -0.2) is 0 Å². The fourth-order valence-corrected chi connectivity index (χ4v) is 10.2. The second-order valence-corrected chi connectivity index (χ2v) is 16.3. The Balaban J connectivity index is 1.01. The average Bonchev–Trinajstić information content (AvgIpc) is 3.88. The Hall–Kier alpha value is -7.46. The zero-order valence-corrected chi connectivity index (χ0v) is 32.8. The van der Waals surface area contributed by atoms with Crippen LogP contribution in [-0.2, 0) is 0 Å². The molecule has 0 atom stereocenters. The van der Waals surface area contributed by atoms with E-state index in [0.717, 1.165) is 44.6 Å². The number of furan rings is 1. The van der Waals surface area contributed by atoms with Crippen LogP contribution < -0.4 is 4.90 Å². The Morgan fingerprint density at radius 3 is 1.76 bits per heavy atom. The van der Waals surface area contributed by atoms with Gasteiger partial charge in [0.15, 0.2) is 0 Å². The van der Waals surface area contributed by atoms with Gasteiger partial charge in [-0.1, -0.05) is 146 Å². The lowest BCUT2D eigenvalue weighted by Gasteiger charge is -2.26. The van der Waals surface area contributed by atoms with E-state index in [1.54, 1.807) is 0 Å². The minimum absolute atomic E-state index is 0.903. The molecule has 0 aliphatic carbocycles. The Labute approximate surface area is 345 Å². The summed E-state index contributed by atoms with van der Waals surface area (Å²) in [4.78, 5) is 2.39. The zero-order chi connectivity index (χ0) is 38.9. The first kappa shape index (κ1) is 33.7. The van der Waals surface area contributed by atoms with Gasteiger partial charge in [-0.2, -0.15) is 0 Å². The van der Waals surface area contributed by atoms with E-state index in [2.05, 4.69) is 205 Å². The molecule has 276 valence electrons. The maximum Gasteiger partial charge on any atom is 0.136 e. The van der Waals surface area contributed by atoms with Gasteiger partial charge < -0.3 is 9.32 Å². The van der Waals surface area contributed by atoms with Crippen molar-refractivity contribution in [2.45, 2.75) is 0 Å². The highest BCUT2D eigenvalue weighted by Gasteiger charge is 2.19. The van der Waals surface area contributed by atoms with Crippen molar-refractivity contribution >= 4 is 92.1 Å². The third-order valence-corrected chi connectivity index (χ3v) is 13.0. The molecule has 2 nitrogen and oxygen atoms in total. The van der Waals surface area contributed by atoms with Crippen LogP contribution >= 0.6 is 11.3 Å². The monoisotopic (exact) mass is 769 g/mol. The summed E-state index contributed by atoms with van der Waals surface area (Å²) >= 11 is 1.86. The molecule has 2 aromatic heterocycles. The molecule has 10 aromatic carbocycles. The fraction of sp³-hybridized carbons (Fsp3) is 0. The second kappa shape index (κ2) is 13.6. The highest BCUT2D eigenvalue weighted by atomic mass is 32.1. The van der Waals surface area contributed by atoms with Crippen LogP contribution in [0.3, 0.4) is 0 Å². The Morgan fingerprint density at radius 1 is 0.322 bits per heavy atom. The van der Waals surface area contributed by atoms with Crippen LogP contribution in [0.15, 0.2) is 217 Å². The van der Waals surface area contributed by atoms with Crippen LogP contribution in [0.2, 0.25) is 0 Å². The summed E-state index contributed by atoms with van der Waals surface area (Å²) in [5, 5.41) is 9.93. The molecule has 0 saturated heterocycles. The van der Waals surface area contributed by atoms with Gasteiger partial charge in [-0.05, 0) is 122 Å². The van der Waals surface area contributed by atoms with Gasteiger partial charge in [-0.15, -0.1) is 11.3 Å². The summed E-state index contributed by atoms with van der Waals surface area (Å²) in [5.41, 5.74) is 12.3. The standard InChI is InChI=1S/C56H35NOS/c1-2-10-36(11-3-1)37-22-27-42(28-23-37)57(43-29-24-39(25-30-43)47-15-8-18-52-55(47)49-14-6-7-17-51(49)58-52)44-31-33-53-50(35-44)56-48(16-9-19-54(56)59-53)41-26-32-46-40(34-41)21-20-38-12-4-5-13-45(38)46/h1-35H. The van der Waals surface area contributed by atoms with E-state index >= 15 is 0 Å². The number of hydrogen-bond donors (Lipinski definition) is 0. The number of benzene rings is 10. The first-order chi connectivity index (χ1) is 29.2. The van der Waals surface area contributed by atoms with E-state index in [1.165, 1.54) is 69.5 Å². The van der Waals surface area contributed by atoms with Gasteiger partial charge in [0, 0.05) is 48.0 Å². The molecule has 3 heteroatoms. The number of anilines is 3. The molecule has 0 amide bonds. The summed E-state index contributed by atoms with van der Waals surface area (Å²) in [7, 11) is 0. The molecule has 0 aliphatic rings. The molecule has 0 N–H and O–H groups in total. The van der Waals surface area contributed by atoms with Gasteiger partial charge in [-0.3, -0.25) is 0 Å². The summed E-state index contributed by atoms with van der Waals surface area (Å²) in [6.07, 6.45) is 0. The van der Waals surface area contributed by atoms with E-state index in [9.17, 15) is 0 Å². The predicted molar refractivity (Wildman–Crippen MR) is 253 cm³/mol. The van der Waals surface area contributed by atoms with Crippen LogP contribution in [0.25, 0.3) is 97.0 Å². The van der Waals surface area contributed by atoms with E-state index in [0.29, 0.717) is 0 Å². The molecular weight excluding hydrogens is 735 g/mol. The molecule has 0 radical (unpaired) electrons. The van der Waals surface area contributed by atoms with E-state index in [4.69, 9.17) is 4.42 Å². The van der Waals surface area contributed by atoms with E-state index in [1.807, 2.05) is 23.5 Å². The van der Waals surface area contributed by atoms with Crippen molar-refractivity contribution in [3.63, 3.8) is 0 Å². The molecule has 12 rings (SSSR count). The van der Waals surface area contributed by atoms with Crippen molar-refractivity contribution in [2.75, 3.05) is 4.90 Å². The Morgan fingerprint density at radius 2 is 0.932 bits per heavy atom. The minimum Gasteiger partial charge on any atom is -0.456 e. The molecule has 0 spiro atoms. The molecule has 0 bridgehead atoms. The lowest BCUT2D eigenvalue weighted by Crippen LogP contribution is -2.09. The zero-order valence-electron chi connectivity index (χ0n) is 32.0. The summed E-state index contributed by atoms with van der Waals surface area (Å²) in [5.74, 6) is 0. The van der Waals surface area contributed by atoms with Crippen molar-refractivity contribution in [1.82, 2.24) is 0 Å². The van der Waals surface area contributed by atoms with Crippen molar-refractivity contribution < 1.29 is 4.42 Å². The van der Waals surface area contributed by atoms with Crippen LogP contribution in [0, 0.1) is 0 Å². The first-order valence-electron chi connectivity index (χ1n) is 20.1. The summed E-state index contributed by atoms with van der Waals surface area (Å²) in [6.45, 7) is 0. The SMILES string of the molecule is c1ccc(-c2ccc(N(c3ccc(-c4cccc5oc6ccccc6c45)cc3)c3ccc4sc5cccc(-c6ccc7c(ccc8ccccc87)c6)c5c4c3)cc2)cc1. The van der Waals surface area contributed by atoms with Gasteiger partial charge in [0.25, 0.3) is 0 Å². The number of nitrogens with zero attached hydrogens (tertiary/aromatic N) is 1. The molecule has 0 unspecified atom stereocenters. The normalized spacial score (nSPS) is 11.7. The van der Waals surface area contributed by atoms with Crippen molar-refractivity contribution in [3.05, 3.63) is 212 Å². The number of hydrogen-bond acceptors (Lipinski definition) is 3. The quantitative estimate of drug-likeness (QED) is 0.157. The predicted octanol–water partition coefficient (Wildman–Crippen LogP) is 16.7. The summed E-state index contributed by atoms with van der Waals surface area (Å²) in [6, 6.07) is 77.0. The molecule has 59 heavy (non-hydrogen) atoms. The van der Waals surface area contributed by atoms with Crippen molar-refractivity contribution in [3.8, 4) is 33.4 Å². The third kappa shape index (κ3) is 5.62.